The molecule has 0 aliphatic rings. The van der Waals surface area contributed by atoms with Crippen LogP contribution in [0, 0.1) is 11.6 Å². The minimum absolute atomic E-state index is 0.000857. The van der Waals surface area contributed by atoms with E-state index in [1.165, 1.54) is 30.3 Å². The summed E-state index contributed by atoms with van der Waals surface area (Å²) in [6, 6.07) is 13.5. The van der Waals surface area contributed by atoms with Gasteiger partial charge in [-0.3, -0.25) is 4.79 Å². The lowest BCUT2D eigenvalue weighted by Crippen LogP contribution is -2.28. The first-order valence-electron chi connectivity index (χ1n) is 7.48. The number of amides is 1. The van der Waals surface area contributed by atoms with E-state index in [1.54, 1.807) is 24.3 Å². The zero-order valence-corrected chi connectivity index (χ0v) is 13.0. The molecule has 0 saturated heterocycles. The van der Waals surface area contributed by atoms with Gasteiger partial charge in [0.05, 0.1) is 12.1 Å². The minimum Gasteiger partial charge on any atom is -0.481 e. The largest absolute Gasteiger partial charge is 0.481 e. The zero-order chi connectivity index (χ0) is 17.6. The molecule has 0 fully saturated rings. The summed E-state index contributed by atoms with van der Waals surface area (Å²) in [6.45, 7) is -0.254. The number of nitrogens with zero attached hydrogens (tertiary/aromatic N) is 1. The van der Waals surface area contributed by atoms with Crippen LogP contribution in [0.25, 0.3) is 11.3 Å². The third-order valence-corrected chi connectivity index (χ3v) is 3.36. The Morgan fingerprint density at radius 1 is 1.08 bits per heavy atom. The highest BCUT2D eigenvalue weighted by Crippen LogP contribution is 2.23. The first-order chi connectivity index (χ1) is 12.1. The molecule has 0 atom stereocenters. The molecule has 25 heavy (non-hydrogen) atoms. The van der Waals surface area contributed by atoms with Gasteiger partial charge in [0.25, 0.3) is 5.91 Å². The van der Waals surface area contributed by atoms with E-state index in [0.29, 0.717) is 5.69 Å². The number of carbonyl (C=O) groups is 1. The highest BCUT2D eigenvalue weighted by Gasteiger charge is 2.12. The van der Waals surface area contributed by atoms with Crippen LogP contribution >= 0.6 is 0 Å². The number of nitrogens with one attached hydrogen (secondary N) is 1. The molecule has 0 saturated carbocycles. The fourth-order valence-corrected chi connectivity index (χ4v) is 2.13. The number of para-hydroxylation sites is 1. The number of hydrogen-bond donors (Lipinski definition) is 1. The summed E-state index contributed by atoms with van der Waals surface area (Å²) in [5.74, 6) is -1.14. The van der Waals surface area contributed by atoms with Gasteiger partial charge in [-0.25, -0.2) is 8.78 Å². The molecule has 0 bridgehead atoms. The van der Waals surface area contributed by atoms with E-state index >= 15 is 0 Å². The van der Waals surface area contributed by atoms with E-state index in [1.807, 2.05) is 0 Å². The first-order valence-corrected chi connectivity index (χ1v) is 7.48. The minimum atomic E-state index is -0.540. The van der Waals surface area contributed by atoms with Crippen LogP contribution in [-0.2, 0) is 11.3 Å². The smallest absolute Gasteiger partial charge is 0.258 e. The molecular weight excluding hydrogens is 330 g/mol. The van der Waals surface area contributed by atoms with Gasteiger partial charge in [-0.1, -0.05) is 29.4 Å². The van der Waals surface area contributed by atoms with Crippen LogP contribution in [0.5, 0.6) is 5.75 Å². The summed E-state index contributed by atoms with van der Waals surface area (Å²) in [4.78, 5) is 11.8. The quantitative estimate of drug-likeness (QED) is 0.745. The van der Waals surface area contributed by atoms with Gasteiger partial charge < -0.3 is 14.6 Å². The van der Waals surface area contributed by atoms with Crippen molar-refractivity contribution in [1.82, 2.24) is 10.5 Å². The molecular formula is C18H14F2N2O3. The average molecular weight is 344 g/mol. The van der Waals surface area contributed by atoms with Crippen LogP contribution in [-0.4, -0.2) is 17.7 Å². The van der Waals surface area contributed by atoms with E-state index < -0.39 is 17.5 Å². The monoisotopic (exact) mass is 344 g/mol. The van der Waals surface area contributed by atoms with Crippen molar-refractivity contribution < 1.29 is 22.8 Å². The lowest BCUT2D eigenvalue weighted by atomic mass is 10.1. The number of halogens is 2. The number of rotatable bonds is 6. The van der Waals surface area contributed by atoms with Crippen molar-refractivity contribution in [2.75, 3.05) is 6.61 Å². The van der Waals surface area contributed by atoms with E-state index in [4.69, 9.17) is 9.26 Å². The Kier molecular flexibility index (Phi) is 5.03. The number of hydrogen-bond acceptors (Lipinski definition) is 4. The molecule has 0 unspecified atom stereocenters. The molecule has 1 aromatic heterocycles. The topological polar surface area (TPSA) is 64.4 Å². The fourth-order valence-electron chi connectivity index (χ4n) is 2.13. The molecule has 0 spiro atoms. The average Bonchev–Trinajstić information content (AvgIpc) is 3.08. The lowest BCUT2D eigenvalue weighted by Gasteiger charge is -2.06. The van der Waals surface area contributed by atoms with Gasteiger partial charge in [-0.05, 0) is 24.3 Å². The molecule has 3 aromatic rings. The SMILES string of the molecule is O=C(COc1ccccc1F)NCc1cc(-c2ccccc2F)on1. The third-order valence-electron chi connectivity index (χ3n) is 3.36. The Balaban J connectivity index is 1.53. The van der Waals surface area contributed by atoms with Crippen molar-refractivity contribution in [2.24, 2.45) is 0 Å². The standard InChI is InChI=1S/C18H14F2N2O3/c19-14-6-2-1-5-13(14)17-9-12(22-25-17)10-21-18(23)11-24-16-8-4-3-7-15(16)20/h1-9H,10-11H2,(H,21,23). The Bertz CT molecular complexity index is 880. The summed E-state index contributed by atoms with van der Waals surface area (Å²) in [5.41, 5.74) is 0.716. The van der Waals surface area contributed by atoms with Crippen molar-refractivity contribution in [3.05, 3.63) is 71.9 Å². The highest BCUT2D eigenvalue weighted by molar-refractivity contribution is 5.77. The molecule has 1 amide bonds. The second-order valence-corrected chi connectivity index (χ2v) is 5.16. The van der Waals surface area contributed by atoms with Crippen LogP contribution in [0.3, 0.4) is 0 Å². The van der Waals surface area contributed by atoms with Crippen molar-refractivity contribution in [1.29, 1.82) is 0 Å². The molecule has 3 rings (SSSR count). The lowest BCUT2D eigenvalue weighted by molar-refractivity contribution is -0.123. The molecule has 2 aromatic carbocycles. The number of aromatic nitrogens is 1. The van der Waals surface area contributed by atoms with Crippen LogP contribution in [0.2, 0.25) is 0 Å². The van der Waals surface area contributed by atoms with Gasteiger partial charge >= 0.3 is 0 Å². The predicted molar refractivity (Wildman–Crippen MR) is 85.6 cm³/mol. The van der Waals surface area contributed by atoms with E-state index in [2.05, 4.69) is 10.5 Å². The van der Waals surface area contributed by atoms with Gasteiger partial charge in [0.1, 0.15) is 11.5 Å². The second kappa shape index (κ2) is 7.57. The number of carbonyl (C=O) groups excluding carboxylic acids is 1. The van der Waals surface area contributed by atoms with Gasteiger partial charge in [-0.15, -0.1) is 0 Å². The molecule has 128 valence electrons. The summed E-state index contributed by atoms with van der Waals surface area (Å²) < 4.78 is 37.2. The number of benzene rings is 2. The van der Waals surface area contributed by atoms with Crippen molar-refractivity contribution >= 4 is 5.91 Å². The summed E-state index contributed by atoms with van der Waals surface area (Å²) in [6.07, 6.45) is 0. The van der Waals surface area contributed by atoms with Gasteiger partial charge in [-0.2, -0.15) is 0 Å². The van der Waals surface area contributed by atoms with Gasteiger partial charge in [0.15, 0.2) is 23.9 Å². The van der Waals surface area contributed by atoms with Crippen molar-refractivity contribution in [2.45, 2.75) is 6.54 Å². The Hall–Kier alpha value is -3.22. The summed E-state index contributed by atoms with van der Waals surface area (Å²) >= 11 is 0. The molecule has 1 N–H and O–H groups in total. The van der Waals surface area contributed by atoms with E-state index in [9.17, 15) is 13.6 Å². The Morgan fingerprint density at radius 3 is 2.56 bits per heavy atom. The van der Waals surface area contributed by atoms with Crippen LogP contribution in [0.1, 0.15) is 5.69 Å². The van der Waals surface area contributed by atoms with Crippen molar-refractivity contribution in [3.63, 3.8) is 0 Å². The normalized spacial score (nSPS) is 10.5. The molecule has 0 radical (unpaired) electrons. The zero-order valence-electron chi connectivity index (χ0n) is 13.0. The third kappa shape index (κ3) is 4.20. The second-order valence-electron chi connectivity index (χ2n) is 5.16. The van der Waals surface area contributed by atoms with Crippen molar-refractivity contribution in [3.8, 4) is 17.1 Å². The number of ether oxygens (including phenoxy) is 1. The van der Waals surface area contributed by atoms with E-state index in [-0.39, 0.29) is 30.2 Å². The van der Waals surface area contributed by atoms with Gasteiger partial charge in [0, 0.05) is 6.07 Å². The van der Waals surface area contributed by atoms with Crippen LogP contribution < -0.4 is 10.1 Å². The summed E-state index contributed by atoms with van der Waals surface area (Å²) in [5, 5.41) is 6.35. The first kappa shape index (κ1) is 16.6. The maximum atomic E-state index is 13.7. The predicted octanol–water partition coefficient (Wildman–Crippen LogP) is 3.32. The molecule has 5 nitrogen and oxygen atoms in total. The Labute approximate surface area is 142 Å². The van der Waals surface area contributed by atoms with Gasteiger partial charge in [0.2, 0.25) is 0 Å². The molecule has 1 heterocycles. The maximum absolute atomic E-state index is 13.7. The summed E-state index contributed by atoms with van der Waals surface area (Å²) in [7, 11) is 0. The van der Waals surface area contributed by atoms with E-state index in [0.717, 1.165) is 0 Å². The highest BCUT2D eigenvalue weighted by atomic mass is 19.1. The fraction of sp³-hybridized carbons (Fsp3) is 0.111. The maximum Gasteiger partial charge on any atom is 0.258 e. The van der Waals surface area contributed by atoms with Crippen LogP contribution in [0.4, 0.5) is 8.78 Å². The molecule has 0 aliphatic carbocycles. The van der Waals surface area contributed by atoms with Crippen LogP contribution in [0.15, 0.2) is 59.1 Å². The molecule has 0 aliphatic heterocycles. The molecule has 7 heteroatoms. The Morgan fingerprint density at radius 2 is 1.80 bits per heavy atom.